The van der Waals surface area contributed by atoms with Crippen molar-refractivity contribution < 1.29 is 24.2 Å². The van der Waals surface area contributed by atoms with Crippen molar-refractivity contribution in [2.24, 2.45) is 0 Å². The van der Waals surface area contributed by atoms with Crippen molar-refractivity contribution >= 4 is 53.5 Å². The van der Waals surface area contributed by atoms with E-state index >= 15 is 0 Å². The Kier molecular flexibility index (Phi) is 47.3. The summed E-state index contributed by atoms with van der Waals surface area (Å²) in [7, 11) is 0. The van der Waals surface area contributed by atoms with Crippen LogP contribution < -0.4 is 44.1 Å². The lowest BCUT2D eigenvalue weighted by molar-refractivity contribution is -0.280. The maximum absolute atomic E-state index is 6.79. The van der Waals surface area contributed by atoms with Crippen LogP contribution in [0.2, 0.25) is 0 Å². The second-order valence-electron chi connectivity index (χ2n) is 48.6. The van der Waals surface area contributed by atoms with Gasteiger partial charge in [-0.1, -0.05) is 146 Å². The zero-order valence-electron chi connectivity index (χ0n) is 96.9. The maximum atomic E-state index is 6.79. The van der Waals surface area contributed by atoms with Gasteiger partial charge in [-0.3, -0.25) is 24.2 Å². The largest absolute Gasteiger partial charge is 0.341 e. The van der Waals surface area contributed by atoms with E-state index in [0.717, 1.165) is 370 Å². The lowest BCUT2D eigenvalue weighted by Gasteiger charge is -2.56. The second-order valence-corrected chi connectivity index (χ2v) is 48.6. The molecule has 0 N–H and O–H groups in total. The first-order valence-corrected chi connectivity index (χ1v) is 57.5. The summed E-state index contributed by atoms with van der Waals surface area (Å²) in [5, 5.41) is 11.6. The molecule has 3 aromatic heterocycles. The summed E-state index contributed by atoms with van der Waals surface area (Å²) in [5.41, 5.74) is -2.99. The number of aromatic nitrogens is 9. The number of hydroxylamine groups is 10. The van der Waals surface area contributed by atoms with Gasteiger partial charge >= 0.3 is 0 Å². The maximum Gasteiger partial charge on any atom is 0.232 e. The molecule has 5 aliphatic heterocycles. The molecule has 140 heavy (non-hydrogen) atoms. The fourth-order valence-electron chi connectivity index (χ4n) is 25.2. The monoisotopic (exact) mass is 1960 g/mol. The molecule has 0 aromatic carbocycles. The van der Waals surface area contributed by atoms with E-state index in [-0.39, 0.29) is 85.6 Å². The Morgan fingerprint density at radius 3 is 0.436 bits per heavy atom. The summed E-state index contributed by atoms with van der Waals surface area (Å²) < 4.78 is 0. The molecule has 0 spiro atoms. The van der Waals surface area contributed by atoms with Crippen LogP contribution in [-0.2, 0) is 24.2 Å². The molecule has 28 heteroatoms. The van der Waals surface area contributed by atoms with E-state index in [2.05, 4.69) is 305 Å². The first-order valence-electron chi connectivity index (χ1n) is 57.5. The summed E-state index contributed by atoms with van der Waals surface area (Å²) in [6.45, 7) is 93.6. The quantitative estimate of drug-likeness (QED) is 0.0481. The molecule has 0 unspecified atom stereocenters. The lowest BCUT2D eigenvalue weighted by Crippen LogP contribution is -2.65. The topological polar surface area (TPSA) is 208 Å². The fraction of sp³-hybridized carbons (Fsp3) is 0.920. The van der Waals surface area contributed by atoms with Crippen LogP contribution >= 0.6 is 0 Å². The molecule has 5 aliphatic rings. The highest BCUT2D eigenvalue weighted by atomic mass is 16.7. The molecule has 8 heterocycles. The number of anilines is 9. The summed E-state index contributed by atoms with van der Waals surface area (Å²) in [4.78, 5) is 109. The van der Waals surface area contributed by atoms with Crippen molar-refractivity contribution in [1.82, 2.24) is 70.2 Å². The van der Waals surface area contributed by atoms with Gasteiger partial charge in [-0.15, -0.1) is 0 Å². The van der Waals surface area contributed by atoms with E-state index in [1.54, 1.807) is 0 Å². The van der Waals surface area contributed by atoms with Crippen LogP contribution in [0.5, 0.6) is 0 Å². The molecule has 0 radical (unpaired) electrons. The molecule has 0 bridgehead atoms. The van der Waals surface area contributed by atoms with Crippen molar-refractivity contribution in [1.29, 1.82) is 0 Å². The standard InChI is InChI=1S/C112H215N23O5/c1-35-49-66-122(67-50-36-2)94-113-95(123(68-51-37-3)69-52-38-4)116-98(115-94)127(90-81-105(19,20)132(137-45-11)106(21,22)82-90)75-62-58-60-64-77-129(92-85-109(27,28)134(139-47-13)110(29,30)86-92)101-119-100(126(74-57-43-9)89-79-103(15,16)131(136-44-10)104(17,18)80-89)120-102(121-101)130(93-87-111(31,32)135(140-48-14)112(33,34)88-93)78-65-61-59-63-76-128(91-83-107(23,24)133(138-46-12)108(25,26)84-91)99-117-96(124(70-53-39-5)71-54-40-6)114-97(118-99)125(72-55-41-7)73-56-42-8/h89-93H,35-88H2,1-34H3. The first-order chi connectivity index (χ1) is 66.3. The smallest absolute Gasteiger partial charge is 0.232 e. The van der Waals surface area contributed by atoms with Gasteiger partial charge in [0.05, 0.1) is 33.0 Å². The number of hydrogen-bond donors (Lipinski definition) is 0. The minimum Gasteiger partial charge on any atom is -0.341 e. The van der Waals surface area contributed by atoms with E-state index < -0.39 is 0 Å². The van der Waals surface area contributed by atoms with E-state index in [0.29, 0.717) is 33.0 Å². The molecule has 808 valence electrons. The van der Waals surface area contributed by atoms with Crippen molar-refractivity contribution in [3.63, 3.8) is 0 Å². The SMILES string of the molecule is CCCCN(CCCC)c1nc(N(CCCC)CCCC)nc(N(CCCCCCN(c2nc(N(CCCC)C3CC(C)(C)N(OCC)C(C)(C)C3)nc(N(CCCCCCN(c3nc(N(CCCC)CCCC)nc(N(CCCC)CCCC)n3)C3CC(C)(C)N(OCC)C(C)(C)C3)C3CC(C)(C)N(OCC)C(C)(C)C3)n2)C2CC(C)(C)N(OCC)C(C)(C)C2)C2CC(C)(C)N(OCC)C(C)(C)C2)n1. The highest BCUT2D eigenvalue weighted by molar-refractivity contribution is 5.52. The van der Waals surface area contributed by atoms with E-state index in [4.69, 9.17) is 69.0 Å². The zero-order valence-corrected chi connectivity index (χ0v) is 96.9. The van der Waals surface area contributed by atoms with Gasteiger partial charge in [0.25, 0.3) is 0 Å². The van der Waals surface area contributed by atoms with Gasteiger partial charge < -0.3 is 44.1 Å². The van der Waals surface area contributed by atoms with Gasteiger partial charge in [0.1, 0.15) is 0 Å². The predicted octanol–water partition coefficient (Wildman–Crippen LogP) is 25.1. The molecule has 28 nitrogen and oxygen atoms in total. The Hall–Kier alpha value is -5.17. The van der Waals surface area contributed by atoms with Crippen LogP contribution in [0.25, 0.3) is 0 Å². The molecule has 0 aliphatic carbocycles. The number of unbranched alkanes of at least 4 members (excludes halogenated alkanes) is 15. The summed E-state index contributed by atoms with van der Waals surface area (Å²) in [5.74, 6) is 7.29. The molecule has 0 amide bonds. The molecule has 8 rings (SSSR count). The molecule has 0 saturated carbocycles. The molecule has 5 saturated heterocycles. The van der Waals surface area contributed by atoms with Crippen LogP contribution in [-0.4, -0.2) is 274 Å². The highest BCUT2D eigenvalue weighted by Gasteiger charge is 2.55. The van der Waals surface area contributed by atoms with Crippen molar-refractivity contribution in [2.75, 3.05) is 162 Å². The third-order valence-corrected chi connectivity index (χ3v) is 30.7. The number of hydrogen-bond acceptors (Lipinski definition) is 28. The van der Waals surface area contributed by atoms with Gasteiger partial charge in [0.15, 0.2) is 0 Å². The number of nitrogens with zero attached hydrogens (tertiary/aromatic N) is 23. The minimum absolute atomic E-state index is 0.0594. The van der Waals surface area contributed by atoms with Crippen molar-refractivity contribution in [3.8, 4) is 0 Å². The van der Waals surface area contributed by atoms with Gasteiger partial charge in [0, 0.05) is 171 Å². The summed E-state index contributed by atoms with van der Waals surface area (Å²) >= 11 is 0. The zero-order chi connectivity index (χ0) is 103. The fourth-order valence-corrected chi connectivity index (χ4v) is 25.2. The van der Waals surface area contributed by atoms with Crippen LogP contribution in [0.1, 0.15) is 467 Å². The third kappa shape index (κ3) is 32.7. The molecular formula is C112H215N23O5. The molecule has 0 atom stereocenters. The van der Waals surface area contributed by atoms with E-state index in [1.807, 2.05) is 0 Å². The van der Waals surface area contributed by atoms with Gasteiger partial charge in [-0.05, 0) is 321 Å². The van der Waals surface area contributed by atoms with Gasteiger partial charge in [0.2, 0.25) is 53.5 Å². The summed E-state index contributed by atoms with van der Waals surface area (Å²) in [6, 6.07) is 0.516. The highest BCUT2D eigenvalue weighted by Crippen LogP contribution is 2.49. The van der Waals surface area contributed by atoms with E-state index in [9.17, 15) is 0 Å². The predicted molar refractivity (Wildman–Crippen MR) is 589 cm³/mol. The molecular weight excluding hydrogens is 1750 g/mol. The van der Waals surface area contributed by atoms with Crippen molar-refractivity contribution in [2.45, 2.75) is 552 Å². The summed E-state index contributed by atoms with van der Waals surface area (Å²) in [6.07, 6.45) is 36.3. The number of rotatable bonds is 65. The van der Waals surface area contributed by atoms with Crippen LogP contribution in [0, 0.1) is 0 Å². The van der Waals surface area contributed by atoms with Crippen molar-refractivity contribution in [3.05, 3.63) is 0 Å². The number of piperidine rings is 5. The molecule has 5 fully saturated rings. The second kappa shape index (κ2) is 55.2. The van der Waals surface area contributed by atoms with Crippen LogP contribution in [0.15, 0.2) is 0 Å². The normalized spacial score (nSPS) is 20.2. The van der Waals surface area contributed by atoms with Crippen LogP contribution in [0.4, 0.5) is 53.5 Å². The lowest BCUT2D eigenvalue weighted by atomic mass is 9.78. The Morgan fingerprint density at radius 2 is 0.300 bits per heavy atom. The average Bonchev–Trinajstić information content (AvgIpc) is 0.743. The average molecular weight is 1960 g/mol. The molecule has 3 aromatic rings. The van der Waals surface area contributed by atoms with Gasteiger partial charge in [-0.25, -0.2) is 0 Å². The Labute approximate surface area is 857 Å². The first kappa shape index (κ1) is 120. The van der Waals surface area contributed by atoms with Crippen LogP contribution in [0.3, 0.4) is 0 Å². The Morgan fingerprint density at radius 1 is 0.179 bits per heavy atom. The third-order valence-electron chi connectivity index (χ3n) is 30.7. The Balaban J connectivity index is 1.29. The Bertz CT molecular complexity index is 3600. The minimum atomic E-state index is -0.335. The van der Waals surface area contributed by atoms with E-state index in [1.165, 1.54) is 0 Å². The van der Waals surface area contributed by atoms with Gasteiger partial charge in [-0.2, -0.15) is 70.2 Å².